The van der Waals surface area contributed by atoms with Gasteiger partial charge >= 0.3 is 12.2 Å². The number of ether oxygens (including phenoxy) is 2. The Morgan fingerprint density at radius 3 is 1.24 bits per heavy atom. The molecule has 2 unspecified atom stereocenters. The number of benzene rings is 4. The summed E-state index contributed by atoms with van der Waals surface area (Å²) < 4.78 is 9.64. The first-order valence-corrected chi connectivity index (χ1v) is 24.9. The summed E-state index contributed by atoms with van der Waals surface area (Å²) in [6, 6.07) is 23.8. The van der Waals surface area contributed by atoms with E-state index in [1.165, 1.54) is 36.1 Å². The van der Waals surface area contributed by atoms with Gasteiger partial charge in [0.15, 0.2) is 0 Å². The molecule has 2 aliphatic rings. The highest BCUT2D eigenvalue weighted by atomic mass is 16.5. The Balaban J connectivity index is 1.01. The lowest BCUT2D eigenvalue weighted by Gasteiger charge is -2.25. The molecule has 14 nitrogen and oxygen atoms in total. The van der Waals surface area contributed by atoms with Gasteiger partial charge in [-0.25, -0.2) is 19.6 Å². The van der Waals surface area contributed by atoms with E-state index in [0.717, 1.165) is 83.3 Å². The van der Waals surface area contributed by atoms with Crippen LogP contribution in [0.25, 0.3) is 55.5 Å². The van der Waals surface area contributed by atoms with Crippen molar-refractivity contribution in [2.24, 2.45) is 23.7 Å². The van der Waals surface area contributed by atoms with Gasteiger partial charge in [0.05, 0.1) is 50.1 Å². The second-order valence-electron chi connectivity index (χ2n) is 19.6. The van der Waals surface area contributed by atoms with Gasteiger partial charge in [-0.2, -0.15) is 0 Å². The fraction of sp³-hybridized carbons (Fsp3) is 0.429. The predicted octanol–water partition coefficient (Wildman–Crippen LogP) is 11.0. The number of hydrogen-bond acceptors (Lipinski definition) is 8. The van der Waals surface area contributed by atoms with E-state index in [9.17, 15) is 19.2 Å². The van der Waals surface area contributed by atoms with E-state index in [1.807, 2.05) is 40.1 Å². The molecule has 4 amide bonds. The molecule has 70 heavy (non-hydrogen) atoms. The zero-order chi connectivity index (χ0) is 49.6. The number of methoxy groups -OCH3 is 2. The number of amides is 4. The summed E-state index contributed by atoms with van der Waals surface area (Å²) in [5.74, 6) is 1.74. The van der Waals surface area contributed by atoms with Crippen LogP contribution in [0.15, 0.2) is 85.2 Å². The van der Waals surface area contributed by atoms with Crippen LogP contribution in [0.2, 0.25) is 0 Å². The van der Waals surface area contributed by atoms with Gasteiger partial charge < -0.3 is 40.7 Å². The highest BCUT2D eigenvalue weighted by Crippen LogP contribution is 2.42. The number of nitrogens with one attached hydrogen (secondary N) is 6. The molecule has 0 radical (unpaired) electrons. The number of hydrogen-bond donors (Lipinski definition) is 6. The molecule has 0 aliphatic heterocycles. The van der Waals surface area contributed by atoms with Crippen molar-refractivity contribution in [1.82, 2.24) is 41.2 Å². The Kier molecular flexibility index (Phi) is 15.4. The third kappa shape index (κ3) is 11.4. The first kappa shape index (κ1) is 49.5. The average Bonchev–Trinajstić information content (AvgIpc) is 4.28. The van der Waals surface area contributed by atoms with Crippen LogP contribution in [-0.4, -0.2) is 70.2 Å². The SMILES string of the molecule is CCC(C)[C@H](NC(=O)OC)C(=O)N[C@@H](CC1CC1)c1ncc(-c2ccc(-c3ccc(-c4ccc(-c5cnc([C@H](CC6CC6)NC(=O)C(NC(=O)OC)[C@H](C)CC)[nH]5)cc4)c4c(C)ccc(C)c34)cc2)[nH]1. The monoisotopic (exact) mass is 949 g/mol. The first-order chi connectivity index (χ1) is 33.8. The molecule has 2 heterocycles. The molecule has 2 aromatic heterocycles. The van der Waals surface area contributed by atoms with Gasteiger partial charge in [-0.1, -0.05) is 139 Å². The van der Waals surface area contributed by atoms with Crippen molar-refractivity contribution in [2.45, 2.75) is 117 Å². The van der Waals surface area contributed by atoms with Gasteiger partial charge in [-0.15, -0.1) is 0 Å². The van der Waals surface area contributed by atoms with Crippen LogP contribution in [0, 0.1) is 37.5 Å². The number of aryl methyl sites for hydroxylation is 2. The third-order valence-corrected chi connectivity index (χ3v) is 14.5. The minimum atomic E-state index is -0.727. The molecule has 14 heteroatoms. The van der Waals surface area contributed by atoms with E-state index in [1.54, 1.807) is 0 Å². The summed E-state index contributed by atoms with van der Waals surface area (Å²) in [7, 11) is 2.60. The van der Waals surface area contributed by atoms with Crippen molar-refractivity contribution in [3.05, 3.63) is 108 Å². The maximum atomic E-state index is 13.6. The lowest BCUT2D eigenvalue weighted by Crippen LogP contribution is -2.51. The Morgan fingerprint density at radius 2 is 0.914 bits per heavy atom. The molecule has 368 valence electrons. The number of carbonyl (C=O) groups excluding carboxylic acids is 4. The second kappa shape index (κ2) is 21.8. The third-order valence-electron chi connectivity index (χ3n) is 14.5. The summed E-state index contributed by atoms with van der Waals surface area (Å²) in [6.07, 6.45) is 9.84. The summed E-state index contributed by atoms with van der Waals surface area (Å²) in [5.41, 5.74) is 10.5. The molecular formula is C56H68N8O6. The standard InChI is InChI=1S/C56H68N8O6/c1-9-31(3)49(63-55(67)69-7)53(65)61-43(27-35-13-14-35)51-57-29-45(59-51)39-21-17-37(18-22-39)41-25-26-42(48-34(6)12-11-33(5)47(41)48)38-19-23-40(24-20-38)46-30-58-52(60-46)44(28-36-15-16-36)62-54(66)50(32(4)10-2)64-56(68)70-8/h11-12,17-26,29-32,35-36,43-44,49-50H,9-10,13-16,27-28H2,1-8H3,(H,57,59)(H,58,60)(H,61,65)(H,62,66)(H,63,67)(H,64,68)/t31-,32?,43+,44+,49?,50+/m1/s1. The molecule has 6 N–H and O–H groups in total. The number of alkyl carbamates (subject to hydrolysis) is 2. The number of imidazole rings is 2. The van der Waals surface area contributed by atoms with Gasteiger partial charge in [-0.3, -0.25) is 9.59 Å². The highest BCUT2D eigenvalue weighted by Gasteiger charge is 2.35. The van der Waals surface area contributed by atoms with Crippen LogP contribution in [0.3, 0.4) is 0 Å². The molecular weight excluding hydrogens is 881 g/mol. The van der Waals surface area contributed by atoms with Crippen LogP contribution in [0.5, 0.6) is 0 Å². The molecule has 0 saturated heterocycles. The van der Waals surface area contributed by atoms with Crippen molar-refractivity contribution in [2.75, 3.05) is 14.2 Å². The smallest absolute Gasteiger partial charge is 0.407 e. The van der Waals surface area contributed by atoms with Gasteiger partial charge in [-0.05, 0) is 106 Å². The number of rotatable bonds is 20. The summed E-state index contributed by atoms with van der Waals surface area (Å²) >= 11 is 0. The molecule has 2 saturated carbocycles. The maximum Gasteiger partial charge on any atom is 0.407 e. The van der Waals surface area contributed by atoms with Crippen molar-refractivity contribution in [3.8, 4) is 44.8 Å². The van der Waals surface area contributed by atoms with Gasteiger partial charge in [0, 0.05) is 0 Å². The lowest BCUT2D eigenvalue weighted by molar-refractivity contribution is -0.125. The van der Waals surface area contributed by atoms with Gasteiger partial charge in [0.1, 0.15) is 23.7 Å². The zero-order valence-electron chi connectivity index (χ0n) is 41.7. The molecule has 6 aromatic rings. The molecule has 0 spiro atoms. The van der Waals surface area contributed by atoms with E-state index in [2.05, 4.69) is 118 Å². The average molecular weight is 949 g/mol. The number of aromatic amines is 2. The van der Waals surface area contributed by atoms with E-state index in [4.69, 9.17) is 19.4 Å². The molecule has 6 atom stereocenters. The topological polar surface area (TPSA) is 192 Å². The maximum absolute atomic E-state index is 13.6. The fourth-order valence-electron chi connectivity index (χ4n) is 9.45. The molecule has 2 fully saturated rings. The number of fused-ring (bicyclic) bond motifs is 1. The Labute approximate surface area is 410 Å². The summed E-state index contributed by atoms with van der Waals surface area (Å²) in [5, 5.41) is 14.2. The quantitative estimate of drug-likeness (QED) is 0.0435. The van der Waals surface area contributed by atoms with Gasteiger partial charge in [0.2, 0.25) is 11.8 Å². The summed E-state index contributed by atoms with van der Waals surface area (Å²) in [4.78, 5) is 68.1. The molecule has 8 rings (SSSR count). The van der Waals surface area contributed by atoms with Crippen LogP contribution >= 0.6 is 0 Å². The van der Waals surface area contributed by atoms with Crippen molar-refractivity contribution >= 4 is 34.8 Å². The number of nitrogens with zero attached hydrogens (tertiary/aromatic N) is 2. The van der Waals surface area contributed by atoms with Crippen molar-refractivity contribution < 1.29 is 28.7 Å². The number of H-pyrrole nitrogens is 2. The summed E-state index contributed by atoms with van der Waals surface area (Å²) in [6.45, 7) is 12.2. The molecule has 0 bridgehead atoms. The number of aromatic nitrogens is 4. The fourth-order valence-corrected chi connectivity index (χ4v) is 9.45. The second-order valence-corrected chi connectivity index (χ2v) is 19.6. The van der Waals surface area contributed by atoms with Crippen LogP contribution in [-0.2, 0) is 19.1 Å². The molecule has 4 aromatic carbocycles. The van der Waals surface area contributed by atoms with E-state index < -0.39 is 24.3 Å². The normalized spacial score (nSPS) is 16.1. The lowest BCUT2D eigenvalue weighted by atomic mass is 9.87. The van der Waals surface area contributed by atoms with Gasteiger partial charge in [0.25, 0.3) is 0 Å². The highest BCUT2D eigenvalue weighted by molar-refractivity contribution is 6.08. The zero-order valence-corrected chi connectivity index (χ0v) is 41.7. The van der Waals surface area contributed by atoms with E-state index in [0.29, 0.717) is 36.3 Å². The Hall–Kier alpha value is -6.96. The van der Waals surface area contributed by atoms with E-state index in [-0.39, 0.29) is 35.7 Å². The largest absolute Gasteiger partial charge is 0.453 e. The Morgan fingerprint density at radius 1 is 0.557 bits per heavy atom. The predicted molar refractivity (Wildman–Crippen MR) is 273 cm³/mol. The first-order valence-electron chi connectivity index (χ1n) is 24.9. The van der Waals surface area contributed by atoms with Crippen LogP contribution < -0.4 is 21.3 Å². The molecule has 2 aliphatic carbocycles. The minimum absolute atomic E-state index is 0.0863. The van der Waals surface area contributed by atoms with Crippen molar-refractivity contribution in [3.63, 3.8) is 0 Å². The Bertz CT molecular complexity index is 2620. The van der Waals surface area contributed by atoms with Crippen LogP contribution in [0.4, 0.5) is 9.59 Å². The van der Waals surface area contributed by atoms with Crippen LogP contribution in [0.1, 0.15) is 114 Å². The van der Waals surface area contributed by atoms with E-state index >= 15 is 0 Å². The number of carbonyl (C=O) groups is 4. The van der Waals surface area contributed by atoms with Crippen molar-refractivity contribution in [1.29, 1.82) is 0 Å². The minimum Gasteiger partial charge on any atom is -0.453 e.